The largest absolute Gasteiger partial charge is 0.387 e. The third-order valence-corrected chi connectivity index (χ3v) is 3.12. The van der Waals surface area contributed by atoms with Gasteiger partial charge in [-0.05, 0) is 25.2 Å². The second-order valence-corrected chi connectivity index (χ2v) is 4.15. The van der Waals surface area contributed by atoms with E-state index in [0.717, 1.165) is 32.3 Å². The summed E-state index contributed by atoms with van der Waals surface area (Å²) < 4.78 is 5.45. The lowest BCUT2D eigenvalue weighted by Gasteiger charge is -2.29. The molecule has 78 valence electrons. The van der Waals surface area contributed by atoms with Crippen LogP contribution in [0.4, 0.5) is 0 Å². The van der Waals surface area contributed by atoms with E-state index in [1.807, 2.05) is 0 Å². The number of ether oxygens (including phenoxy) is 1. The minimum Gasteiger partial charge on any atom is -0.387 e. The van der Waals surface area contributed by atoms with Gasteiger partial charge >= 0.3 is 0 Å². The molecule has 0 spiro atoms. The predicted octanol–water partition coefficient (Wildman–Crippen LogP) is 2.35. The maximum absolute atomic E-state index is 10.3. The average molecular weight is 186 g/mol. The zero-order chi connectivity index (χ0) is 9.73. The molecule has 13 heavy (non-hydrogen) atoms. The molecule has 1 rings (SSSR count). The lowest BCUT2D eigenvalue weighted by Crippen LogP contribution is -2.38. The molecule has 0 aromatic heterocycles. The highest BCUT2D eigenvalue weighted by atomic mass is 16.5. The molecule has 0 radical (unpaired) electrons. The third kappa shape index (κ3) is 2.68. The molecule has 1 fully saturated rings. The summed E-state index contributed by atoms with van der Waals surface area (Å²) in [7, 11) is 0. The van der Waals surface area contributed by atoms with E-state index in [4.69, 9.17) is 4.74 Å². The van der Waals surface area contributed by atoms with E-state index in [-0.39, 0.29) is 0 Å². The topological polar surface area (TPSA) is 29.5 Å². The Balaban J connectivity index is 2.34. The first kappa shape index (κ1) is 11.0. The van der Waals surface area contributed by atoms with Crippen LogP contribution >= 0.6 is 0 Å². The molecule has 0 bridgehead atoms. The van der Waals surface area contributed by atoms with Gasteiger partial charge in [-0.3, -0.25) is 0 Å². The maximum atomic E-state index is 10.3. The molecule has 2 heteroatoms. The second-order valence-electron chi connectivity index (χ2n) is 4.15. The van der Waals surface area contributed by atoms with Crippen LogP contribution in [-0.2, 0) is 4.74 Å². The van der Waals surface area contributed by atoms with Crippen LogP contribution in [0.25, 0.3) is 0 Å². The Labute approximate surface area is 81.3 Å². The second kappa shape index (κ2) is 4.97. The van der Waals surface area contributed by atoms with Crippen LogP contribution in [-0.4, -0.2) is 23.9 Å². The quantitative estimate of drug-likeness (QED) is 0.668. The Morgan fingerprint density at radius 3 is 2.85 bits per heavy atom. The van der Waals surface area contributed by atoms with Gasteiger partial charge in [-0.25, -0.2) is 0 Å². The van der Waals surface area contributed by atoms with Gasteiger partial charge in [0, 0.05) is 6.61 Å². The average Bonchev–Trinajstić information content (AvgIpc) is 2.47. The van der Waals surface area contributed by atoms with Crippen LogP contribution < -0.4 is 0 Å². The van der Waals surface area contributed by atoms with Crippen LogP contribution in [0.5, 0.6) is 0 Å². The van der Waals surface area contributed by atoms with Gasteiger partial charge in [-0.1, -0.05) is 26.7 Å². The van der Waals surface area contributed by atoms with E-state index >= 15 is 0 Å². The van der Waals surface area contributed by atoms with E-state index in [0.29, 0.717) is 12.5 Å². The molecule has 1 N–H and O–H groups in total. The molecule has 0 amide bonds. The number of hydrogen-bond donors (Lipinski definition) is 1. The summed E-state index contributed by atoms with van der Waals surface area (Å²) in [6.07, 6.45) is 5.36. The monoisotopic (exact) mass is 186 g/mol. The fourth-order valence-electron chi connectivity index (χ4n) is 2.29. The van der Waals surface area contributed by atoms with Crippen molar-refractivity contribution in [3.8, 4) is 0 Å². The molecule has 0 heterocycles. The maximum Gasteiger partial charge on any atom is 0.0907 e. The van der Waals surface area contributed by atoms with Crippen LogP contribution in [0.15, 0.2) is 0 Å². The Morgan fingerprint density at radius 1 is 1.46 bits per heavy atom. The minimum absolute atomic E-state index is 0.462. The molecule has 0 aromatic carbocycles. The van der Waals surface area contributed by atoms with Crippen molar-refractivity contribution >= 4 is 0 Å². The summed E-state index contributed by atoms with van der Waals surface area (Å²) in [6.45, 7) is 5.56. The summed E-state index contributed by atoms with van der Waals surface area (Å²) in [5.41, 5.74) is -0.510. The highest BCUT2D eigenvalue weighted by Crippen LogP contribution is 2.37. The SMILES string of the molecule is CCCOCC1(O)CCCC1CC. The smallest absolute Gasteiger partial charge is 0.0907 e. The van der Waals surface area contributed by atoms with Gasteiger partial charge < -0.3 is 9.84 Å². The summed E-state index contributed by atoms with van der Waals surface area (Å²) in [4.78, 5) is 0. The summed E-state index contributed by atoms with van der Waals surface area (Å²) in [6, 6.07) is 0. The van der Waals surface area contributed by atoms with Crippen molar-refractivity contribution in [3.05, 3.63) is 0 Å². The van der Waals surface area contributed by atoms with E-state index in [9.17, 15) is 5.11 Å². The van der Waals surface area contributed by atoms with Crippen molar-refractivity contribution in [3.63, 3.8) is 0 Å². The molecule has 2 nitrogen and oxygen atoms in total. The highest BCUT2D eigenvalue weighted by molar-refractivity contribution is 4.91. The molecular formula is C11H22O2. The van der Waals surface area contributed by atoms with Crippen molar-refractivity contribution in [2.45, 2.75) is 51.6 Å². The lowest BCUT2D eigenvalue weighted by molar-refractivity contribution is -0.0713. The Morgan fingerprint density at radius 2 is 2.23 bits per heavy atom. The van der Waals surface area contributed by atoms with E-state index in [1.165, 1.54) is 6.42 Å². The summed E-state index contributed by atoms with van der Waals surface area (Å²) >= 11 is 0. The summed E-state index contributed by atoms with van der Waals surface area (Å²) in [5.74, 6) is 0.462. The highest BCUT2D eigenvalue weighted by Gasteiger charge is 2.39. The predicted molar refractivity (Wildman–Crippen MR) is 53.7 cm³/mol. The molecule has 0 saturated heterocycles. The van der Waals surface area contributed by atoms with Gasteiger partial charge in [-0.15, -0.1) is 0 Å². The minimum atomic E-state index is -0.510. The van der Waals surface area contributed by atoms with Crippen molar-refractivity contribution in [2.75, 3.05) is 13.2 Å². The molecular weight excluding hydrogens is 164 g/mol. The Hall–Kier alpha value is -0.0800. The van der Waals surface area contributed by atoms with E-state index < -0.39 is 5.60 Å². The molecule has 1 aliphatic carbocycles. The van der Waals surface area contributed by atoms with Gasteiger partial charge in [0.05, 0.1) is 12.2 Å². The van der Waals surface area contributed by atoms with Gasteiger partial charge in [0.15, 0.2) is 0 Å². The van der Waals surface area contributed by atoms with Crippen molar-refractivity contribution < 1.29 is 9.84 Å². The lowest BCUT2D eigenvalue weighted by atomic mass is 9.89. The van der Waals surface area contributed by atoms with Crippen LogP contribution in [0.3, 0.4) is 0 Å². The first-order valence-corrected chi connectivity index (χ1v) is 5.53. The summed E-state index contributed by atoms with van der Waals surface area (Å²) in [5, 5.41) is 10.3. The van der Waals surface area contributed by atoms with Gasteiger partial charge in [0.2, 0.25) is 0 Å². The first-order valence-electron chi connectivity index (χ1n) is 5.53. The standard InChI is InChI=1S/C11H22O2/c1-3-8-13-9-11(12)7-5-6-10(11)4-2/h10,12H,3-9H2,1-2H3. The zero-order valence-electron chi connectivity index (χ0n) is 8.88. The molecule has 2 atom stereocenters. The van der Waals surface area contributed by atoms with Crippen LogP contribution in [0.1, 0.15) is 46.0 Å². The normalized spacial score (nSPS) is 33.9. The molecule has 0 aromatic rings. The van der Waals surface area contributed by atoms with Crippen molar-refractivity contribution in [2.24, 2.45) is 5.92 Å². The third-order valence-electron chi connectivity index (χ3n) is 3.12. The number of aliphatic hydroxyl groups is 1. The van der Waals surface area contributed by atoms with Crippen LogP contribution in [0.2, 0.25) is 0 Å². The molecule has 1 saturated carbocycles. The van der Waals surface area contributed by atoms with E-state index in [1.54, 1.807) is 0 Å². The molecule has 2 unspecified atom stereocenters. The number of rotatable bonds is 5. The van der Waals surface area contributed by atoms with Crippen LogP contribution in [0, 0.1) is 5.92 Å². The van der Waals surface area contributed by atoms with E-state index in [2.05, 4.69) is 13.8 Å². The zero-order valence-corrected chi connectivity index (χ0v) is 8.88. The molecule has 1 aliphatic rings. The fourth-order valence-corrected chi connectivity index (χ4v) is 2.29. The van der Waals surface area contributed by atoms with Crippen molar-refractivity contribution in [1.29, 1.82) is 0 Å². The van der Waals surface area contributed by atoms with Gasteiger partial charge in [0.1, 0.15) is 0 Å². The van der Waals surface area contributed by atoms with Crippen molar-refractivity contribution in [1.82, 2.24) is 0 Å². The fraction of sp³-hybridized carbons (Fsp3) is 1.00. The first-order chi connectivity index (χ1) is 6.23. The van der Waals surface area contributed by atoms with Gasteiger partial charge in [0.25, 0.3) is 0 Å². The number of hydrogen-bond acceptors (Lipinski definition) is 2. The Kier molecular flexibility index (Phi) is 4.20. The molecule has 0 aliphatic heterocycles. The Bertz CT molecular complexity index is 147. The van der Waals surface area contributed by atoms with Gasteiger partial charge in [-0.2, -0.15) is 0 Å².